The highest BCUT2D eigenvalue weighted by molar-refractivity contribution is 6.83. The molecule has 0 unspecified atom stereocenters. The topological polar surface area (TPSA) is 58.9 Å². The first-order valence-corrected chi connectivity index (χ1v) is 21.8. The average molecular weight is 531 g/mol. The van der Waals surface area contributed by atoms with Crippen LogP contribution in [0, 0.1) is 23.3 Å². The van der Waals surface area contributed by atoms with E-state index in [4.69, 9.17) is 8.85 Å². The number of hydrogen-bond acceptors (Lipinski definition) is 4. The standard InChI is InChI=1S/C27H58O4Si3/c1-20(2)34(21(3)4,22(5)6)30-19-25(31-33(14,15)27(8,9)10)24(18-28)26(29)23(7)16-17-32(11,12)13/h20-26,28-29H,18-19H2,1-15H3/t23-,24-,25-,26+/m0/s1. The van der Waals surface area contributed by atoms with Crippen LogP contribution in [0.25, 0.3) is 0 Å². The summed E-state index contributed by atoms with van der Waals surface area (Å²) in [6, 6.07) is 0. The summed E-state index contributed by atoms with van der Waals surface area (Å²) in [5.74, 6) is 2.60. The van der Waals surface area contributed by atoms with Crippen molar-refractivity contribution in [2.75, 3.05) is 13.2 Å². The molecule has 0 heterocycles. The molecule has 0 aromatic rings. The van der Waals surface area contributed by atoms with Crippen LogP contribution in [0.4, 0.5) is 0 Å². The van der Waals surface area contributed by atoms with Gasteiger partial charge in [0.15, 0.2) is 16.6 Å². The molecule has 0 saturated carbocycles. The van der Waals surface area contributed by atoms with E-state index in [9.17, 15) is 10.2 Å². The zero-order valence-electron chi connectivity index (χ0n) is 25.2. The Kier molecular flexibility index (Phi) is 13.0. The van der Waals surface area contributed by atoms with Crippen molar-refractivity contribution < 1.29 is 19.1 Å². The molecular formula is C27H58O4Si3. The molecule has 0 aliphatic carbocycles. The van der Waals surface area contributed by atoms with Crippen LogP contribution in [0.15, 0.2) is 0 Å². The molecule has 34 heavy (non-hydrogen) atoms. The highest BCUT2D eigenvalue weighted by atomic mass is 28.4. The van der Waals surface area contributed by atoms with Gasteiger partial charge in [-0.05, 0) is 41.7 Å². The Morgan fingerprint density at radius 3 is 1.59 bits per heavy atom. The number of aliphatic hydroxyl groups excluding tert-OH is 2. The van der Waals surface area contributed by atoms with E-state index in [1.807, 2.05) is 6.92 Å². The average Bonchev–Trinajstić information content (AvgIpc) is 2.64. The number of aliphatic hydroxyl groups is 2. The molecule has 0 radical (unpaired) electrons. The summed E-state index contributed by atoms with van der Waals surface area (Å²) in [4.78, 5) is 0. The molecule has 0 aromatic carbocycles. The summed E-state index contributed by atoms with van der Waals surface area (Å²) in [5, 5.41) is 21.9. The maximum atomic E-state index is 11.3. The first-order valence-electron chi connectivity index (χ1n) is 13.3. The monoisotopic (exact) mass is 530 g/mol. The second-order valence-corrected chi connectivity index (χ2v) is 28.7. The predicted molar refractivity (Wildman–Crippen MR) is 156 cm³/mol. The van der Waals surface area contributed by atoms with E-state index in [1.165, 1.54) is 0 Å². The molecule has 4 nitrogen and oxygen atoms in total. The van der Waals surface area contributed by atoms with Crippen molar-refractivity contribution in [3.8, 4) is 11.5 Å². The van der Waals surface area contributed by atoms with Crippen LogP contribution in [-0.4, -0.2) is 60.3 Å². The molecule has 0 amide bonds. The highest BCUT2D eigenvalue weighted by Gasteiger charge is 2.48. The molecule has 2 N–H and O–H groups in total. The van der Waals surface area contributed by atoms with Crippen molar-refractivity contribution in [2.45, 2.75) is 136 Å². The molecule has 4 atom stereocenters. The maximum Gasteiger partial charge on any atom is 0.200 e. The van der Waals surface area contributed by atoms with Crippen molar-refractivity contribution in [3.05, 3.63) is 0 Å². The lowest BCUT2D eigenvalue weighted by molar-refractivity contribution is -0.0420. The van der Waals surface area contributed by atoms with Gasteiger partial charge in [-0.15, -0.1) is 11.5 Å². The van der Waals surface area contributed by atoms with E-state index in [-0.39, 0.29) is 23.7 Å². The smallest absolute Gasteiger partial charge is 0.200 e. The van der Waals surface area contributed by atoms with Crippen LogP contribution in [0.5, 0.6) is 0 Å². The quantitative estimate of drug-likeness (QED) is 0.209. The SMILES string of the molecule is CC(C)[Si](OC[C@H](O[Si](C)(C)C(C)(C)C)[C@H](CO)[C@H](O)[C@@H](C)C#C[Si](C)(C)C)(C(C)C)C(C)C. The molecule has 7 heteroatoms. The summed E-state index contributed by atoms with van der Waals surface area (Å²) >= 11 is 0. The summed E-state index contributed by atoms with van der Waals surface area (Å²) < 4.78 is 13.8. The van der Waals surface area contributed by atoms with Gasteiger partial charge in [0.1, 0.15) is 8.07 Å². The molecule has 0 aliphatic heterocycles. The predicted octanol–water partition coefficient (Wildman–Crippen LogP) is 7.06. The lowest BCUT2D eigenvalue weighted by Crippen LogP contribution is -2.54. The molecule has 0 aromatic heterocycles. The van der Waals surface area contributed by atoms with E-state index >= 15 is 0 Å². The highest BCUT2D eigenvalue weighted by Crippen LogP contribution is 2.43. The molecular weight excluding hydrogens is 473 g/mol. The fourth-order valence-corrected chi connectivity index (χ4v) is 12.2. The van der Waals surface area contributed by atoms with Crippen molar-refractivity contribution in [1.29, 1.82) is 0 Å². The minimum atomic E-state index is -2.17. The summed E-state index contributed by atoms with van der Waals surface area (Å²) in [5.41, 5.74) is 4.76. The maximum absolute atomic E-state index is 11.3. The summed E-state index contributed by atoms with van der Waals surface area (Å²) in [6.07, 6.45) is -1.15. The van der Waals surface area contributed by atoms with Crippen LogP contribution in [0.1, 0.15) is 69.2 Å². The molecule has 0 aliphatic rings. The molecule has 0 rings (SSSR count). The van der Waals surface area contributed by atoms with Gasteiger partial charge in [-0.25, -0.2) is 0 Å². The van der Waals surface area contributed by atoms with E-state index in [0.29, 0.717) is 23.2 Å². The van der Waals surface area contributed by atoms with Crippen molar-refractivity contribution in [1.82, 2.24) is 0 Å². The fourth-order valence-electron chi connectivity index (χ4n) is 4.76. The van der Waals surface area contributed by atoms with E-state index in [1.54, 1.807) is 0 Å². The van der Waals surface area contributed by atoms with Crippen LogP contribution in [-0.2, 0) is 8.85 Å². The van der Waals surface area contributed by atoms with Gasteiger partial charge in [0.05, 0.1) is 25.4 Å². The van der Waals surface area contributed by atoms with Crippen LogP contribution in [0.3, 0.4) is 0 Å². The van der Waals surface area contributed by atoms with Gasteiger partial charge in [-0.1, -0.05) is 82.0 Å². The Bertz CT molecular complexity index is 644. The van der Waals surface area contributed by atoms with Crippen molar-refractivity contribution in [2.24, 2.45) is 11.8 Å². The third-order valence-corrected chi connectivity index (χ3v) is 19.3. The van der Waals surface area contributed by atoms with Gasteiger partial charge < -0.3 is 19.1 Å². The first-order chi connectivity index (χ1) is 15.1. The molecule has 0 fully saturated rings. The van der Waals surface area contributed by atoms with Crippen molar-refractivity contribution in [3.63, 3.8) is 0 Å². The lowest BCUT2D eigenvalue weighted by atomic mass is 9.89. The van der Waals surface area contributed by atoms with Crippen molar-refractivity contribution >= 4 is 24.7 Å². The van der Waals surface area contributed by atoms with Crippen LogP contribution < -0.4 is 0 Å². The van der Waals surface area contributed by atoms with Gasteiger partial charge >= 0.3 is 0 Å². The lowest BCUT2D eigenvalue weighted by Gasteiger charge is -2.46. The Morgan fingerprint density at radius 2 is 1.26 bits per heavy atom. The molecule has 0 spiro atoms. The van der Waals surface area contributed by atoms with Gasteiger partial charge in [0, 0.05) is 11.8 Å². The molecule has 202 valence electrons. The Labute approximate surface area is 215 Å². The fraction of sp³-hybridized carbons (Fsp3) is 0.926. The number of rotatable bonds is 12. The Morgan fingerprint density at radius 1 is 0.824 bits per heavy atom. The molecule has 0 saturated heterocycles. The molecule has 0 bridgehead atoms. The normalized spacial score (nSPS) is 17.5. The second-order valence-electron chi connectivity index (χ2n) is 13.7. The Hall–Kier alpha value is 0.0506. The van der Waals surface area contributed by atoms with Gasteiger partial charge in [0.2, 0.25) is 0 Å². The van der Waals surface area contributed by atoms with Gasteiger partial charge in [-0.3, -0.25) is 0 Å². The van der Waals surface area contributed by atoms with Gasteiger partial charge in [0.25, 0.3) is 0 Å². The number of hydrogen-bond donors (Lipinski definition) is 2. The summed E-state index contributed by atoms with van der Waals surface area (Å²) in [7, 11) is -5.85. The Balaban J connectivity index is 6.27. The summed E-state index contributed by atoms with van der Waals surface area (Å²) in [6.45, 7) is 33.6. The zero-order chi connectivity index (χ0) is 27.3. The van der Waals surface area contributed by atoms with E-state index < -0.39 is 36.7 Å². The minimum absolute atomic E-state index is 0.0160. The first kappa shape index (κ1) is 34.1. The largest absolute Gasteiger partial charge is 0.413 e. The van der Waals surface area contributed by atoms with E-state index in [0.717, 1.165) is 0 Å². The van der Waals surface area contributed by atoms with Gasteiger partial charge in [-0.2, -0.15) is 0 Å². The minimum Gasteiger partial charge on any atom is -0.413 e. The van der Waals surface area contributed by atoms with E-state index in [2.05, 4.69) is 107 Å². The zero-order valence-corrected chi connectivity index (χ0v) is 28.2. The van der Waals surface area contributed by atoms with Crippen LogP contribution in [0.2, 0.25) is 54.4 Å². The second kappa shape index (κ2) is 13.0. The third-order valence-electron chi connectivity index (χ3n) is 7.77. The van der Waals surface area contributed by atoms with Crippen LogP contribution >= 0.6 is 0 Å². The third kappa shape index (κ3) is 9.17.